The van der Waals surface area contributed by atoms with Crippen molar-refractivity contribution in [2.75, 3.05) is 13.6 Å². The van der Waals surface area contributed by atoms with Crippen LogP contribution in [0.15, 0.2) is 6.07 Å². The van der Waals surface area contributed by atoms with E-state index in [0.29, 0.717) is 30.3 Å². The monoisotopic (exact) mass is 280 g/mol. The molecule has 0 bridgehead atoms. The van der Waals surface area contributed by atoms with Crippen LogP contribution in [-0.4, -0.2) is 28.5 Å². The van der Waals surface area contributed by atoms with Crippen molar-refractivity contribution in [2.45, 2.75) is 26.1 Å². The van der Waals surface area contributed by atoms with Gasteiger partial charge in [0.15, 0.2) is 10.8 Å². The molecular weight excluding hydrogens is 265 g/mol. The Bertz CT molecular complexity index is 414. The van der Waals surface area contributed by atoms with E-state index in [0.717, 1.165) is 6.07 Å². The molecule has 18 heavy (non-hydrogen) atoms. The summed E-state index contributed by atoms with van der Waals surface area (Å²) in [6.45, 7) is 2.61. The number of hydrogen-bond donors (Lipinski definition) is 2. The fourth-order valence-corrected chi connectivity index (χ4v) is 1.50. The van der Waals surface area contributed by atoms with E-state index in [1.165, 1.54) is 4.68 Å². The van der Waals surface area contributed by atoms with Crippen LogP contribution < -0.4 is 10.6 Å². The first-order valence-corrected chi connectivity index (χ1v) is 5.82. The summed E-state index contributed by atoms with van der Waals surface area (Å²) in [5.41, 5.74) is -0.350. The summed E-state index contributed by atoms with van der Waals surface area (Å²) in [5.74, 6) is 0. The Morgan fingerprint density at radius 2 is 2.17 bits per heavy atom. The normalized spacial score (nSPS) is 11.4. The van der Waals surface area contributed by atoms with E-state index in [1.54, 1.807) is 14.0 Å². The fourth-order valence-electron chi connectivity index (χ4n) is 1.39. The largest absolute Gasteiger partial charge is 0.435 e. The van der Waals surface area contributed by atoms with Gasteiger partial charge in [-0.1, -0.05) is 0 Å². The molecule has 0 aliphatic heterocycles. The van der Waals surface area contributed by atoms with Gasteiger partial charge >= 0.3 is 6.18 Å². The lowest BCUT2D eigenvalue weighted by Crippen LogP contribution is -2.33. The summed E-state index contributed by atoms with van der Waals surface area (Å²) in [5, 5.41) is 9.71. The second kappa shape index (κ2) is 6.03. The zero-order valence-corrected chi connectivity index (χ0v) is 11.0. The molecule has 1 aromatic heterocycles. The Morgan fingerprint density at radius 1 is 1.50 bits per heavy atom. The number of alkyl halides is 3. The smallest absolute Gasteiger partial charge is 0.366 e. The number of aromatic nitrogens is 2. The molecule has 2 N–H and O–H groups in total. The van der Waals surface area contributed by atoms with Crippen molar-refractivity contribution in [3.63, 3.8) is 0 Å². The van der Waals surface area contributed by atoms with Crippen LogP contribution in [0.4, 0.5) is 13.2 Å². The highest BCUT2D eigenvalue weighted by Gasteiger charge is 2.34. The third kappa shape index (κ3) is 4.17. The lowest BCUT2D eigenvalue weighted by molar-refractivity contribution is -0.141. The Balaban J connectivity index is 2.48. The highest BCUT2D eigenvalue weighted by atomic mass is 32.1. The van der Waals surface area contributed by atoms with Crippen molar-refractivity contribution < 1.29 is 13.2 Å². The molecule has 0 aromatic carbocycles. The van der Waals surface area contributed by atoms with Crippen LogP contribution in [-0.2, 0) is 12.7 Å². The number of rotatable bonds is 4. The Hall–Kier alpha value is -1.31. The van der Waals surface area contributed by atoms with Gasteiger partial charge in [0, 0.05) is 25.8 Å². The van der Waals surface area contributed by atoms with Crippen molar-refractivity contribution in [1.82, 2.24) is 20.4 Å². The highest BCUT2D eigenvalue weighted by molar-refractivity contribution is 7.80. The minimum atomic E-state index is -4.39. The zero-order chi connectivity index (χ0) is 13.8. The quantitative estimate of drug-likeness (QED) is 0.650. The number of nitrogens with zero attached hydrogens (tertiary/aromatic N) is 2. The molecule has 0 saturated heterocycles. The maximum atomic E-state index is 12.4. The van der Waals surface area contributed by atoms with Gasteiger partial charge in [0.1, 0.15) is 0 Å². The van der Waals surface area contributed by atoms with Crippen molar-refractivity contribution in [2.24, 2.45) is 0 Å². The summed E-state index contributed by atoms with van der Waals surface area (Å²) in [4.78, 5) is 0. The zero-order valence-electron chi connectivity index (χ0n) is 10.1. The van der Waals surface area contributed by atoms with Gasteiger partial charge in [-0.25, -0.2) is 0 Å². The van der Waals surface area contributed by atoms with Crippen LogP contribution >= 0.6 is 12.2 Å². The van der Waals surface area contributed by atoms with Crippen molar-refractivity contribution in [1.29, 1.82) is 0 Å². The standard InChI is InChI=1S/C10H15F3N4S/c1-7-6-8(10(11,12)13)16-17(7)5-3-4-15-9(18)14-2/h6H,3-5H2,1-2H3,(H2,14,15,18). The van der Waals surface area contributed by atoms with Gasteiger partial charge in [0.2, 0.25) is 0 Å². The van der Waals surface area contributed by atoms with Gasteiger partial charge in [-0.3, -0.25) is 4.68 Å². The number of hydrogen-bond acceptors (Lipinski definition) is 2. The van der Waals surface area contributed by atoms with Gasteiger partial charge in [0.25, 0.3) is 0 Å². The molecule has 1 heterocycles. The maximum absolute atomic E-state index is 12.4. The van der Waals surface area contributed by atoms with Crippen molar-refractivity contribution >= 4 is 17.3 Å². The predicted octanol–water partition coefficient (Wildman–Crippen LogP) is 1.69. The molecule has 0 saturated carbocycles. The molecule has 0 aliphatic rings. The molecule has 0 spiro atoms. The van der Waals surface area contributed by atoms with Crippen molar-refractivity contribution in [3.05, 3.63) is 17.5 Å². The molecular formula is C10H15F3N4S. The highest BCUT2D eigenvalue weighted by Crippen LogP contribution is 2.28. The van der Waals surface area contributed by atoms with Crippen molar-refractivity contribution in [3.8, 4) is 0 Å². The Labute approximate surface area is 109 Å². The van der Waals surface area contributed by atoms with E-state index in [4.69, 9.17) is 12.2 Å². The van der Waals surface area contributed by atoms with Gasteiger partial charge in [0.05, 0.1) is 0 Å². The maximum Gasteiger partial charge on any atom is 0.435 e. The molecule has 102 valence electrons. The van der Waals surface area contributed by atoms with E-state index >= 15 is 0 Å². The van der Waals surface area contributed by atoms with E-state index in [2.05, 4.69) is 15.7 Å². The van der Waals surface area contributed by atoms with Crippen LogP contribution in [0.1, 0.15) is 17.8 Å². The lowest BCUT2D eigenvalue weighted by atomic mass is 10.3. The first-order chi connectivity index (χ1) is 8.34. The summed E-state index contributed by atoms with van der Waals surface area (Å²) in [7, 11) is 1.70. The summed E-state index contributed by atoms with van der Waals surface area (Å²) < 4.78 is 38.6. The molecule has 0 atom stereocenters. The lowest BCUT2D eigenvalue weighted by Gasteiger charge is -2.07. The van der Waals surface area contributed by atoms with Crippen LogP contribution in [0.3, 0.4) is 0 Å². The van der Waals surface area contributed by atoms with Crippen LogP contribution in [0.2, 0.25) is 0 Å². The second-order valence-corrected chi connectivity index (χ2v) is 4.16. The van der Waals surface area contributed by atoms with Gasteiger partial charge < -0.3 is 10.6 Å². The average Bonchev–Trinajstić information content (AvgIpc) is 2.66. The predicted molar refractivity (Wildman–Crippen MR) is 66.2 cm³/mol. The molecule has 1 aromatic rings. The van der Waals surface area contributed by atoms with E-state index in [1.807, 2.05) is 0 Å². The molecule has 0 radical (unpaired) electrons. The first-order valence-electron chi connectivity index (χ1n) is 5.42. The molecule has 0 aliphatic carbocycles. The molecule has 1 rings (SSSR count). The number of thiocarbonyl (C=S) groups is 1. The Morgan fingerprint density at radius 3 is 2.67 bits per heavy atom. The molecule has 0 unspecified atom stereocenters. The number of nitrogens with one attached hydrogen (secondary N) is 2. The van der Waals surface area contributed by atoms with Crippen LogP contribution in [0.5, 0.6) is 0 Å². The number of aryl methyl sites for hydroxylation is 2. The SMILES string of the molecule is CNC(=S)NCCCn1nc(C(F)(F)F)cc1C. The van der Waals surface area contributed by atoms with E-state index in [-0.39, 0.29) is 0 Å². The minimum absolute atomic E-state index is 0.418. The summed E-state index contributed by atoms with van der Waals surface area (Å²) >= 11 is 4.87. The van der Waals surface area contributed by atoms with Gasteiger partial charge in [-0.2, -0.15) is 18.3 Å². The fraction of sp³-hybridized carbons (Fsp3) is 0.600. The average molecular weight is 280 g/mol. The Kier molecular flexibility index (Phi) is 4.94. The molecule has 0 amide bonds. The van der Waals surface area contributed by atoms with Gasteiger partial charge in [-0.05, 0) is 31.6 Å². The summed E-state index contributed by atoms with van der Waals surface area (Å²) in [6.07, 6.45) is -3.75. The van der Waals surface area contributed by atoms with Crippen LogP contribution in [0.25, 0.3) is 0 Å². The topological polar surface area (TPSA) is 41.9 Å². The molecule has 4 nitrogen and oxygen atoms in total. The number of halogens is 3. The second-order valence-electron chi connectivity index (χ2n) is 3.75. The first kappa shape index (κ1) is 14.7. The van der Waals surface area contributed by atoms with E-state index < -0.39 is 11.9 Å². The minimum Gasteiger partial charge on any atom is -0.366 e. The third-order valence-corrected chi connectivity index (χ3v) is 2.68. The molecule has 0 fully saturated rings. The van der Waals surface area contributed by atoms with E-state index in [9.17, 15) is 13.2 Å². The summed E-state index contributed by atoms with van der Waals surface area (Å²) in [6, 6.07) is 1.05. The third-order valence-electron chi connectivity index (χ3n) is 2.33. The van der Waals surface area contributed by atoms with Crippen LogP contribution in [0, 0.1) is 6.92 Å². The molecule has 8 heteroatoms. The van der Waals surface area contributed by atoms with Gasteiger partial charge in [-0.15, -0.1) is 0 Å².